The number of nitrogens with one attached hydrogen (secondary N) is 3. The van der Waals surface area contributed by atoms with E-state index in [0.717, 1.165) is 6.54 Å². The van der Waals surface area contributed by atoms with Crippen LogP contribution < -0.4 is 16.0 Å². The predicted molar refractivity (Wildman–Crippen MR) is 96.1 cm³/mol. The molecule has 25 heavy (non-hydrogen) atoms. The van der Waals surface area contributed by atoms with Crippen molar-refractivity contribution in [3.63, 3.8) is 0 Å². The van der Waals surface area contributed by atoms with Crippen molar-refractivity contribution < 1.29 is 14.4 Å². The molecule has 4 amide bonds. The zero-order chi connectivity index (χ0) is 18.3. The minimum absolute atomic E-state index is 0.0334. The quantitative estimate of drug-likeness (QED) is 0.351. The topological polar surface area (TPSA) is 90.5 Å². The maximum atomic E-state index is 12.0. The fourth-order valence-corrected chi connectivity index (χ4v) is 3.47. The standard InChI is InChI=1S/C18H32N4O3/c1-18(2)16(24)22(17(25)21-18)13-7-10-15(23)20-12-11-19-14-8-5-3-4-6-9-14/h14,19H,3-13H2,1-2H3,(H,20,23)(H,21,25). The SMILES string of the molecule is CC1(C)NC(=O)N(CCCC(=O)NCCNC2CCCCCC2)C1=O. The van der Waals surface area contributed by atoms with Gasteiger partial charge in [0.15, 0.2) is 0 Å². The lowest BCUT2D eigenvalue weighted by Gasteiger charge is -2.17. The molecule has 2 aliphatic rings. The van der Waals surface area contributed by atoms with Crippen molar-refractivity contribution in [1.82, 2.24) is 20.9 Å². The Morgan fingerprint density at radius 1 is 1.16 bits per heavy atom. The molecule has 0 bridgehead atoms. The molecule has 2 fully saturated rings. The summed E-state index contributed by atoms with van der Waals surface area (Å²) in [7, 11) is 0. The van der Waals surface area contributed by atoms with E-state index in [4.69, 9.17) is 0 Å². The molecule has 0 unspecified atom stereocenters. The van der Waals surface area contributed by atoms with Crippen LogP contribution in [0.5, 0.6) is 0 Å². The lowest BCUT2D eigenvalue weighted by Crippen LogP contribution is -2.40. The highest BCUT2D eigenvalue weighted by Crippen LogP contribution is 2.17. The summed E-state index contributed by atoms with van der Waals surface area (Å²) >= 11 is 0. The first-order chi connectivity index (χ1) is 11.9. The van der Waals surface area contributed by atoms with Gasteiger partial charge >= 0.3 is 6.03 Å². The van der Waals surface area contributed by atoms with Gasteiger partial charge in [0.1, 0.15) is 5.54 Å². The molecule has 0 aromatic heterocycles. The summed E-state index contributed by atoms with van der Waals surface area (Å²) in [4.78, 5) is 36.8. The Hall–Kier alpha value is -1.63. The van der Waals surface area contributed by atoms with E-state index in [1.54, 1.807) is 13.8 Å². The van der Waals surface area contributed by atoms with E-state index in [1.807, 2.05) is 0 Å². The average Bonchev–Trinajstić information content (AvgIpc) is 2.76. The molecule has 3 N–H and O–H groups in total. The van der Waals surface area contributed by atoms with Gasteiger partial charge in [0.25, 0.3) is 5.91 Å². The van der Waals surface area contributed by atoms with Crippen LogP contribution >= 0.6 is 0 Å². The fourth-order valence-electron chi connectivity index (χ4n) is 3.47. The summed E-state index contributed by atoms with van der Waals surface area (Å²) in [6.45, 7) is 5.05. The largest absolute Gasteiger partial charge is 0.355 e. The van der Waals surface area contributed by atoms with E-state index in [-0.39, 0.29) is 24.4 Å². The van der Waals surface area contributed by atoms with E-state index in [0.29, 0.717) is 25.4 Å². The monoisotopic (exact) mass is 352 g/mol. The maximum Gasteiger partial charge on any atom is 0.325 e. The number of amides is 4. The lowest BCUT2D eigenvalue weighted by molar-refractivity contribution is -0.130. The zero-order valence-electron chi connectivity index (χ0n) is 15.5. The van der Waals surface area contributed by atoms with Crippen LogP contribution in [0.15, 0.2) is 0 Å². The van der Waals surface area contributed by atoms with Crippen molar-refractivity contribution in [2.45, 2.75) is 76.8 Å². The molecule has 1 heterocycles. The summed E-state index contributed by atoms with van der Waals surface area (Å²) in [6.07, 6.45) is 8.53. The van der Waals surface area contributed by atoms with Gasteiger partial charge in [-0.15, -0.1) is 0 Å². The highest BCUT2D eigenvalue weighted by molar-refractivity contribution is 6.06. The Morgan fingerprint density at radius 3 is 2.44 bits per heavy atom. The number of rotatable bonds is 8. The second kappa shape index (κ2) is 9.17. The van der Waals surface area contributed by atoms with E-state index < -0.39 is 5.54 Å². The molecule has 0 radical (unpaired) electrons. The van der Waals surface area contributed by atoms with E-state index in [1.165, 1.54) is 43.4 Å². The molecule has 0 spiro atoms. The highest BCUT2D eigenvalue weighted by Gasteiger charge is 2.43. The second-order valence-corrected chi connectivity index (χ2v) is 7.61. The first kappa shape index (κ1) is 19.7. The number of hydrogen-bond donors (Lipinski definition) is 3. The Morgan fingerprint density at radius 2 is 1.84 bits per heavy atom. The third-order valence-corrected chi connectivity index (χ3v) is 4.97. The van der Waals surface area contributed by atoms with Gasteiger partial charge in [-0.3, -0.25) is 14.5 Å². The third-order valence-electron chi connectivity index (χ3n) is 4.97. The van der Waals surface area contributed by atoms with E-state index in [9.17, 15) is 14.4 Å². The van der Waals surface area contributed by atoms with Gasteiger partial charge in [0.05, 0.1) is 0 Å². The second-order valence-electron chi connectivity index (χ2n) is 7.61. The van der Waals surface area contributed by atoms with Crippen LogP contribution in [0.4, 0.5) is 4.79 Å². The number of carbonyl (C=O) groups excluding carboxylic acids is 3. The number of nitrogens with zero attached hydrogens (tertiary/aromatic N) is 1. The zero-order valence-corrected chi connectivity index (χ0v) is 15.5. The summed E-state index contributed by atoms with van der Waals surface area (Å²) in [5.74, 6) is -0.264. The van der Waals surface area contributed by atoms with E-state index in [2.05, 4.69) is 16.0 Å². The molecule has 1 aliphatic heterocycles. The molecule has 1 saturated heterocycles. The molecule has 0 aromatic carbocycles. The number of carbonyl (C=O) groups is 3. The van der Waals surface area contributed by atoms with Crippen LogP contribution in [-0.4, -0.2) is 54.0 Å². The maximum absolute atomic E-state index is 12.0. The van der Waals surface area contributed by atoms with Crippen LogP contribution in [0.1, 0.15) is 65.2 Å². The number of urea groups is 1. The van der Waals surface area contributed by atoms with Crippen molar-refractivity contribution in [1.29, 1.82) is 0 Å². The lowest BCUT2D eigenvalue weighted by atomic mass is 10.1. The third kappa shape index (κ3) is 5.99. The molecule has 1 saturated carbocycles. The Labute approximate surface area is 150 Å². The van der Waals surface area contributed by atoms with E-state index >= 15 is 0 Å². The molecule has 142 valence electrons. The number of imide groups is 1. The Kier molecular flexibility index (Phi) is 7.23. The molecule has 7 heteroatoms. The molecular weight excluding hydrogens is 320 g/mol. The summed E-state index contributed by atoms with van der Waals surface area (Å²) in [6, 6.07) is 0.213. The Bertz CT molecular complexity index is 485. The minimum Gasteiger partial charge on any atom is -0.355 e. The van der Waals surface area contributed by atoms with Crippen LogP contribution in [-0.2, 0) is 9.59 Å². The van der Waals surface area contributed by atoms with Crippen molar-refractivity contribution in [3.05, 3.63) is 0 Å². The van der Waals surface area contributed by atoms with Gasteiger partial charge in [-0.1, -0.05) is 25.7 Å². The molecule has 2 rings (SSSR count). The van der Waals surface area contributed by atoms with Crippen molar-refractivity contribution in [2.24, 2.45) is 0 Å². The Balaban J connectivity index is 1.55. The normalized spacial score (nSPS) is 21.1. The molecule has 1 aliphatic carbocycles. The fraction of sp³-hybridized carbons (Fsp3) is 0.833. The molecule has 7 nitrogen and oxygen atoms in total. The summed E-state index contributed by atoms with van der Waals surface area (Å²) in [5, 5.41) is 9.05. The van der Waals surface area contributed by atoms with Crippen LogP contribution in [0.25, 0.3) is 0 Å². The minimum atomic E-state index is -0.844. The number of hydrogen-bond acceptors (Lipinski definition) is 4. The molecular formula is C18H32N4O3. The smallest absolute Gasteiger partial charge is 0.325 e. The van der Waals surface area contributed by atoms with Crippen molar-refractivity contribution in [2.75, 3.05) is 19.6 Å². The van der Waals surface area contributed by atoms with Crippen molar-refractivity contribution >= 4 is 17.8 Å². The van der Waals surface area contributed by atoms with Gasteiger partial charge in [0, 0.05) is 32.1 Å². The van der Waals surface area contributed by atoms with Gasteiger partial charge in [-0.05, 0) is 33.1 Å². The van der Waals surface area contributed by atoms with Crippen LogP contribution in [0.2, 0.25) is 0 Å². The van der Waals surface area contributed by atoms with Gasteiger partial charge in [-0.25, -0.2) is 4.79 Å². The summed E-state index contributed by atoms with van der Waals surface area (Å²) < 4.78 is 0. The van der Waals surface area contributed by atoms with Gasteiger partial charge < -0.3 is 16.0 Å². The molecule has 0 atom stereocenters. The van der Waals surface area contributed by atoms with Crippen molar-refractivity contribution in [3.8, 4) is 0 Å². The first-order valence-electron chi connectivity index (χ1n) is 9.54. The van der Waals surface area contributed by atoms with Gasteiger partial charge in [-0.2, -0.15) is 0 Å². The van der Waals surface area contributed by atoms with Crippen LogP contribution in [0.3, 0.4) is 0 Å². The first-order valence-corrected chi connectivity index (χ1v) is 9.54. The highest BCUT2D eigenvalue weighted by atomic mass is 16.2. The van der Waals surface area contributed by atoms with Crippen LogP contribution in [0, 0.1) is 0 Å². The molecule has 0 aromatic rings. The predicted octanol–water partition coefficient (Wildman–Crippen LogP) is 1.53. The van der Waals surface area contributed by atoms with Gasteiger partial charge in [0.2, 0.25) is 5.91 Å². The average molecular weight is 352 g/mol. The summed E-state index contributed by atoms with van der Waals surface area (Å²) in [5.41, 5.74) is -0.844.